The summed E-state index contributed by atoms with van der Waals surface area (Å²) in [6, 6.07) is 10.7. The van der Waals surface area contributed by atoms with E-state index in [0.717, 1.165) is 29.0 Å². The van der Waals surface area contributed by atoms with Gasteiger partial charge in [-0.3, -0.25) is 0 Å². The standard InChI is InChI=1S/C17H20FNO/c1-4-19-11-14-10-15(18)5-6-17(14)20-16-8-12(2)7-13(3)9-16/h5-10,19H,4,11H2,1-3H3. The highest BCUT2D eigenvalue weighted by atomic mass is 19.1. The van der Waals surface area contributed by atoms with Gasteiger partial charge in [0, 0.05) is 12.1 Å². The first-order valence-electron chi connectivity index (χ1n) is 6.84. The molecule has 2 aromatic rings. The van der Waals surface area contributed by atoms with Crippen LogP contribution in [-0.2, 0) is 6.54 Å². The Balaban J connectivity index is 2.27. The molecule has 0 atom stereocenters. The molecule has 0 saturated carbocycles. The number of ether oxygens (including phenoxy) is 1. The Labute approximate surface area is 119 Å². The van der Waals surface area contributed by atoms with Crippen molar-refractivity contribution in [3.8, 4) is 11.5 Å². The molecule has 2 aromatic carbocycles. The predicted molar refractivity (Wildman–Crippen MR) is 79.8 cm³/mol. The van der Waals surface area contributed by atoms with Crippen LogP contribution in [-0.4, -0.2) is 6.54 Å². The predicted octanol–water partition coefficient (Wildman–Crippen LogP) is 4.34. The van der Waals surface area contributed by atoms with Crippen LogP contribution in [0.1, 0.15) is 23.6 Å². The van der Waals surface area contributed by atoms with Gasteiger partial charge in [0.15, 0.2) is 0 Å². The van der Waals surface area contributed by atoms with E-state index in [2.05, 4.69) is 11.4 Å². The Morgan fingerprint density at radius 1 is 1.05 bits per heavy atom. The molecule has 0 spiro atoms. The number of benzene rings is 2. The molecule has 106 valence electrons. The minimum Gasteiger partial charge on any atom is -0.457 e. The van der Waals surface area contributed by atoms with Gasteiger partial charge in [0.2, 0.25) is 0 Å². The van der Waals surface area contributed by atoms with Crippen LogP contribution in [0.15, 0.2) is 36.4 Å². The zero-order valence-electron chi connectivity index (χ0n) is 12.2. The third kappa shape index (κ3) is 3.81. The summed E-state index contributed by atoms with van der Waals surface area (Å²) in [6.07, 6.45) is 0. The van der Waals surface area contributed by atoms with Crippen LogP contribution in [0.4, 0.5) is 4.39 Å². The van der Waals surface area contributed by atoms with E-state index >= 15 is 0 Å². The highest BCUT2D eigenvalue weighted by Gasteiger charge is 2.07. The lowest BCUT2D eigenvalue weighted by Gasteiger charge is -2.13. The van der Waals surface area contributed by atoms with Gasteiger partial charge in [-0.15, -0.1) is 0 Å². The summed E-state index contributed by atoms with van der Waals surface area (Å²) >= 11 is 0. The van der Waals surface area contributed by atoms with Gasteiger partial charge >= 0.3 is 0 Å². The summed E-state index contributed by atoms with van der Waals surface area (Å²) in [6.45, 7) is 7.51. The van der Waals surface area contributed by atoms with E-state index in [-0.39, 0.29) is 5.82 Å². The van der Waals surface area contributed by atoms with Crippen LogP contribution in [0.5, 0.6) is 11.5 Å². The maximum atomic E-state index is 13.4. The van der Waals surface area contributed by atoms with Crippen LogP contribution < -0.4 is 10.1 Å². The molecule has 0 aliphatic rings. The molecule has 1 N–H and O–H groups in total. The number of aryl methyl sites for hydroxylation is 2. The average Bonchev–Trinajstić information content (AvgIpc) is 2.38. The number of rotatable bonds is 5. The fourth-order valence-electron chi connectivity index (χ4n) is 2.16. The Bertz CT molecular complexity index is 575. The highest BCUT2D eigenvalue weighted by Crippen LogP contribution is 2.27. The summed E-state index contributed by atoms with van der Waals surface area (Å²) in [5, 5.41) is 3.19. The molecule has 0 radical (unpaired) electrons. The van der Waals surface area contributed by atoms with E-state index in [0.29, 0.717) is 12.3 Å². The second kappa shape index (κ2) is 6.53. The quantitative estimate of drug-likeness (QED) is 0.874. The Morgan fingerprint density at radius 2 is 1.75 bits per heavy atom. The second-order valence-electron chi connectivity index (χ2n) is 4.96. The van der Waals surface area contributed by atoms with Crippen molar-refractivity contribution in [2.75, 3.05) is 6.54 Å². The van der Waals surface area contributed by atoms with Crippen molar-refractivity contribution >= 4 is 0 Å². The monoisotopic (exact) mass is 273 g/mol. The summed E-state index contributed by atoms with van der Waals surface area (Å²) in [5.74, 6) is 1.23. The lowest BCUT2D eigenvalue weighted by Crippen LogP contribution is -2.12. The number of nitrogens with one attached hydrogen (secondary N) is 1. The van der Waals surface area contributed by atoms with Gasteiger partial charge in [0.25, 0.3) is 0 Å². The molecule has 0 amide bonds. The first-order chi connectivity index (χ1) is 9.58. The zero-order chi connectivity index (χ0) is 14.5. The molecule has 3 heteroatoms. The Morgan fingerprint density at radius 3 is 2.40 bits per heavy atom. The van der Waals surface area contributed by atoms with Crippen LogP contribution in [0.2, 0.25) is 0 Å². The summed E-state index contributed by atoms with van der Waals surface area (Å²) < 4.78 is 19.3. The zero-order valence-corrected chi connectivity index (χ0v) is 12.2. The molecule has 0 aromatic heterocycles. The molecule has 0 aliphatic heterocycles. The molecule has 20 heavy (non-hydrogen) atoms. The summed E-state index contributed by atoms with van der Waals surface area (Å²) in [4.78, 5) is 0. The van der Waals surface area contributed by atoms with Crippen molar-refractivity contribution in [3.05, 3.63) is 58.9 Å². The molecule has 0 fully saturated rings. The first-order valence-corrected chi connectivity index (χ1v) is 6.84. The molecular weight excluding hydrogens is 253 g/mol. The molecule has 0 aliphatic carbocycles. The highest BCUT2D eigenvalue weighted by molar-refractivity contribution is 5.40. The van der Waals surface area contributed by atoms with Crippen LogP contribution in [0.3, 0.4) is 0 Å². The molecule has 0 saturated heterocycles. The fourth-order valence-corrected chi connectivity index (χ4v) is 2.16. The van der Waals surface area contributed by atoms with Crippen molar-refractivity contribution in [1.82, 2.24) is 5.32 Å². The maximum Gasteiger partial charge on any atom is 0.132 e. The van der Waals surface area contributed by atoms with Crippen molar-refractivity contribution in [2.45, 2.75) is 27.3 Å². The third-order valence-corrected chi connectivity index (χ3v) is 3.01. The molecule has 2 rings (SSSR count). The molecule has 2 nitrogen and oxygen atoms in total. The van der Waals surface area contributed by atoms with E-state index in [9.17, 15) is 4.39 Å². The molecule has 0 bridgehead atoms. The van der Waals surface area contributed by atoms with E-state index in [1.54, 1.807) is 6.07 Å². The van der Waals surface area contributed by atoms with Gasteiger partial charge in [-0.1, -0.05) is 13.0 Å². The van der Waals surface area contributed by atoms with Gasteiger partial charge < -0.3 is 10.1 Å². The smallest absolute Gasteiger partial charge is 0.132 e. The van der Waals surface area contributed by atoms with Gasteiger partial charge in [-0.25, -0.2) is 4.39 Å². The van der Waals surface area contributed by atoms with Gasteiger partial charge in [0.1, 0.15) is 17.3 Å². The SMILES string of the molecule is CCNCc1cc(F)ccc1Oc1cc(C)cc(C)c1. The van der Waals surface area contributed by atoms with Gasteiger partial charge in [0.05, 0.1) is 0 Å². The normalized spacial score (nSPS) is 10.6. The van der Waals surface area contributed by atoms with Crippen LogP contribution in [0.25, 0.3) is 0 Å². The first kappa shape index (κ1) is 14.5. The van der Waals surface area contributed by atoms with Crippen LogP contribution in [0, 0.1) is 19.7 Å². The van der Waals surface area contributed by atoms with E-state index in [1.807, 2.05) is 32.9 Å². The summed E-state index contributed by atoms with van der Waals surface area (Å²) in [7, 11) is 0. The molecule has 0 heterocycles. The minimum absolute atomic E-state index is 0.245. The molecular formula is C17H20FNO. The Hall–Kier alpha value is -1.87. The fraction of sp³-hybridized carbons (Fsp3) is 0.294. The second-order valence-corrected chi connectivity index (χ2v) is 4.96. The van der Waals surface area contributed by atoms with Crippen molar-refractivity contribution < 1.29 is 9.13 Å². The van der Waals surface area contributed by atoms with Gasteiger partial charge in [-0.05, 0) is 61.9 Å². The van der Waals surface area contributed by atoms with E-state index in [1.165, 1.54) is 12.1 Å². The average molecular weight is 273 g/mol. The van der Waals surface area contributed by atoms with Crippen molar-refractivity contribution in [3.63, 3.8) is 0 Å². The minimum atomic E-state index is -0.245. The number of halogens is 1. The third-order valence-electron chi connectivity index (χ3n) is 3.01. The topological polar surface area (TPSA) is 21.3 Å². The lowest BCUT2D eigenvalue weighted by atomic mass is 10.1. The largest absolute Gasteiger partial charge is 0.457 e. The van der Waals surface area contributed by atoms with E-state index in [4.69, 9.17) is 4.74 Å². The Kier molecular flexibility index (Phi) is 4.74. The summed E-state index contributed by atoms with van der Waals surface area (Å²) in [5.41, 5.74) is 3.12. The maximum absolute atomic E-state index is 13.4. The lowest BCUT2D eigenvalue weighted by molar-refractivity contribution is 0.470. The molecule has 0 unspecified atom stereocenters. The van der Waals surface area contributed by atoms with Crippen LogP contribution >= 0.6 is 0 Å². The van der Waals surface area contributed by atoms with Gasteiger partial charge in [-0.2, -0.15) is 0 Å². The van der Waals surface area contributed by atoms with Crippen molar-refractivity contribution in [1.29, 1.82) is 0 Å². The number of hydrogen-bond acceptors (Lipinski definition) is 2. The van der Waals surface area contributed by atoms with E-state index < -0.39 is 0 Å². The number of hydrogen-bond donors (Lipinski definition) is 1. The van der Waals surface area contributed by atoms with Crippen molar-refractivity contribution in [2.24, 2.45) is 0 Å².